The number of nitrogens with one attached hydrogen (secondary N) is 1. The molecule has 0 spiro atoms. The van der Waals surface area contributed by atoms with Crippen LogP contribution in [0.25, 0.3) is 0 Å². The number of carbonyl (C=O) groups excluding carboxylic acids is 1. The molecule has 16 heavy (non-hydrogen) atoms. The summed E-state index contributed by atoms with van der Waals surface area (Å²) >= 11 is 0. The third-order valence-corrected chi connectivity index (χ3v) is 2.89. The maximum Gasteiger partial charge on any atom is 0.240 e. The van der Waals surface area contributed by atoms with Gasteiger partial charge in [-0.2, -0.15) is 4.98 Å². The van der Waals surface area contributed by atoms with E-state index in [4.69, 9.17) is 10.3 Å². The molecular weight excluding hydrogens is 208 g/mol. The summed E-state index contributed by atoms with van der Waals surface area (Å²) in [6, 6.07) is 0. The van der Waals surface area contributed by atoms with Gasteiger partial charge in [0, 0.05) is 6.92 Å². The van der Waals surface area contributed by atoms with Gasteiger partial charge in [0.05, 0.1) is 12.1 Å². The van der Waals surface area contributed by atoms with Crippen LogP contribution < -0.4 is 11.1 Å². The molecule has 6 nitrogen and oxygen atoms in total. The van der Waals surface area contributed by atoms with Gasteiger partial charge in [-0.25, -0.2) is 0 Å². The first-order valence-corrected chi connectivity index (χ1v) is 5.36. The summed E-state index contributed by atoms with van der Waals surface area (Å²) in [7, 11) is 0. The molecule has 1 heterocycles. The average Bonchev–Trinajstić information content (AvgIpc) is 3.00. The highest BCUT2D eigenvalue weighted by Gasteiger charge is 2.43. The highest BCUT2D eigenvalue weighted by molar-refractivity contribution is 5.86. The third kappa shape index (κ3) is 2.21. The first-order valence-electron chi connectivity index (χ1n) is 5.36. The summed E-state index contributed by atoms with van der Waals surface area (Å²) in [4.78, 5) is 15.8. The molecular formula is C10H16N4O2. The fraction of sp³-hybridized carbons (Fsp3) is 0.700. The van der Waals surface area contributed by atoms with Gasteiger partial charge in [-0.3, -0.25) is 4.79 Å². The second kappa shape index (κ2) is 3.86. The van der Waals surface area contributed by atoms with Crippen molar-refractivity contribution in [3.05, 3.63) is 11.7 Å². The van der Waals surface area contributed by atoms with Crippen molar-refractivity contribution < 1.29 is 9.32 Å². The van der Waals surface area contributed by atoms with Crippen LogP contribution in [0.1, 0.15) is 31.5 Å². The van der Waals surface area contributed by atoms with Crippen LogP contribution >= 0.6 is 0 Å². The molecule has 1 aliphatic carbocycles. The number of aryl methyl sites for hydroxylation is 1. The molecule has 88 valence electrons. The smallest absolute Gasteiger partial charge is 0.240 e. The number of hydrogen-bond acceptors (Lipinski definition) is 5. The van der Waals surface area contributed by atoms with Crippen molar-refractivity contribution in [3.63, 3.8) is 0 Å². The van der Waals surface area contributed by atoms with Gasteiger partial charge < -0.3 is 15.6 Å². The fourth-order valence-corrected chi connectivity index (χ4v) is 1.63. The number of carbonyl (C=O) groups is 1. The lowest BCUT2D eigenvalue weighted by Crippen LogP contribution is -2.53. The first-order chi connectivity index (χ1) is 7.50. The van der Waals surface area contributed by atoms with Gasteiger partial charge in [-0.15, -0.1) is 0 Å². The highest BCUT2D eigenvalue weighted by atomic mass is 16.5. The Balaban J connectivity index is 1.88. The zero-order valence-electron chi connectivity index (χ0n) is 9.49. The summed E-state index contributed by atoms with van der Waals surface area (Å²) < 4.78 is 4.80. The zero-order valence-corrected chi connectivity index (χ0v) is 9.49. The van der Waals surface area contributed by atoms with Crippen LogP contribution in [0.15, 0.2) is 4.52 Å². The van der Waals surface area contributed by atoms with Crippen LogP contribution in [0.3, 0.4) is 0 Å². The Bertz CT molecular complexity index is 395. The van der Waals surface area contributed by atoms with E-state index in [1.54, 1.807) is 13.8 Å². The molecule has 2 rings (SSSR count). The molecule has 0 saturated heterocycles. The zero-order chi connectivity index (χ0) is 11.8. The topological polar surface area (TPSA) is 94.0 Å². The largest absolute Gasteiger partial charge is 0.347 e. The van der Waals surface area contributed by atoms with Gasteiger partial charge in [-0.1, -0.05) is 5.16 Å². The number of hydrogen-bond donors (Lipinski definition) is 2. The Morgan fingerprint density at radius 1 is 1.69 bits per heavy atom. The molecule has 3 N–H and O–H groups in total. The van der Waals surface area contributed by atoms with Crippen LogP contribution in [0, 0.1) is 12.8 Å². The first kappa shape index (κ1) is 11.1. The van der Waals surface area contributed by atoms with Crippen molar-refractivity contribution >= 4 is 5.91 Å². The molecule has 1 amide bonds. The maximum absolute atomic E-state index is 11.8. The minimum atomic E-state index is -0.779. The standard InChI is InChI=1S/C10H16N4O2/c1-6-13-8(14-16-6)5-12-9(15)10(2,11)7-3-4-7/h7H,3-5,11H2,1-2H3,(H,12,15). The van der Waals surface area contributed by atoms with Gasteiger partial charge in [0.1, 0.15) is 0 Å². The average molecular weight is 224 g/mol. The number of aromatic nitrogens is 2. The van der Waals surface area contributed by atoms with Gasteiger partial charge in [0.2, 0.25) is 11.8 Å². The number of nitrogens with two attached hydrogens (primary N) is 1. The Labute approximate surface area is 93.6 Å². The van der Waals surface area contributed by atoms with E-state index >= 15 is 0 Å². The summed E-state index contributed by atoms with van der Waals surface area (Å²) in [5, 5.41) is 6.41. The Hall–Kier alpha value is -1.43. The lowest BCUT2D eigenvalue weighted by atomic mass is 9.96. The van der Waals surface area contributed by atoms with Crippen LogP contribution in [-0.2, 0) is 11.3 Å². The summed E-state index contributed by atoms with van der Waals surface area (Å²) in [5.74, 6) is 1.11. The third-order valence-electron chi connectivity index (χ3n) is 2.89. The SMILES string of the molecule is Cc1nc(CNC(=O)C(C)(N)C2CC2)no1. The van der Waals surface area contributed by atoms with Crippen LogP contribution in [0.4, 0.5) is 0 Å². The van der Waals surface area contributed by atoms with Crippen molar-refractivity contribution in [2.24, 2.45) is 11.7 Å². The van der Waals surface area contributed by atoms with Crippen molar-refractivity contribution in [1.29, 1.82) is 0 Å². The minimum absolute atomic E-state index is 0.155. The quantitative estimate of drug-likeness (QED) is 0.757. The van der Waals surface area contributed by atoms with Crippen LogP contribution in [0.5, 0.6) is 0 Å². The van der Waals surface area contributed by atoms with Crippen molar-refractivity contribution in [3.8, 4) is 0 Å². The molecule has 0 radical (unpaired) electrons. The van der Waals surface area contributed by atoms with Gasteiger partial charge in [-0.05, 0) is 25.7 Å². The molecule has 1 aromatic heterocycles. The molecule has 1 aliphatic rings. The molecule has 0 aliphatic heterocycles. The van der Waals surface area contributed by atoms with E-state index in [1.165, 1.54) is 0 Å². The van der Waals surface area contributed by atoms with Crippen molar-refractivity contribution in [1.82, 2.24) is 15.5 Å². The minimum Gasteiger partial charge on any atom is -0.347 e. The predicted octanol–water partition coefficient (Wildman–Crippen LogP) is 0.122. The second-order valence-electron chi connectivity index (χ2n) is 4.47. The maximum atomic E-state index is 11.8. The molecule has 1 unspecified atom stereocenters. The van der Waals surface area contributed by atoms with E-state index in [9.17, 15) is 4.79 Å². The number of amides is 1. The molecule has 1 aromatic rings. The predicted molar refractivity (Wildman–Crippen MR) is 56.2 cm³/mol. The second-order valence-corrected chi connectivity index (χ2v) is 4.47. The van der Waals surface area contributed by atoms with E-state index in [1.807, 2.05) is 0 Å². The molecule has 1 atom stereocenters. The van der Waals surface area contributed by atoms with Gasteiger partial charge in [0.25, 0.3) is 0 Å². The highest BCUT2D eigenvalue weighted by Crippen LogP contribution is 2.38. The van der Waals surface area contributed by atoms with Gasteiger partial charge in [0.15, 0.2) is 5.82 Å². The van der Waals surface area contributed by atoms with E-state index in [-0.39, 0.29) is 12.5 Å². The summed E-state index contributed by atoms with van der Waals surface area (Å²) in [6.07, 6.45) is 2.06. The molecule has 1 saturated carbocycles. The normalized spacial score (nSPS) is 19.2. The Morgan fingerprint density at radius 3 is 2.88 bits per heavy atom. The van der Waals surface area contributed by atoms with Crippen LogP contribution in [-0.4, -0.2) is 21.6 Å². The molecule has 0 aromatic carbocycles. The van der Waals surface area contributed by atoms with E-state index < -0.39 is 5.54 Å². The summed E-state index contributed by atoms with van der Waals surface area (Å²) in [5.41, 5.74) is 5.18. The number of nitrogens with zero attached hydrogens (tertiary/aromatic N) is 2. The number of rotatable bonds is 4. The lowest BCUT2D eigenvalue weighted by Gasteiger charge is -2.22. The molecule has 0 bridgehead atoms. The fourth-order valence-electron chi connectivity index (χ4n) is 1.63. The molecule has 6 heteroatoms. The Morgan fingerprint density at radius 2 is 2.38 bits per heavy atom. The Kier molecular flexibility index (Phi) is 2.67. The monoisotopic (exact) mass is 224 g/mol. The van der Waals surface area contributed by atoms with Crippen molar-refractivity contribution in [2.75, 3.05) is 0 Å². The van der Waals surface area contributed by atoms with Gasteiger partial charge >= 0.3 is 0 Å². The lowest BCUT2D eigenvalue weighted by molar-refractivity contribution is -0.126. The van der Waals surface area contributed by atoms with Crippen LogP contribution in [0.2, 0.25) is 0 Å². The van der Waals surface area contributed by atoms with E-state index in [0.29, 0.717) is 17.6 Å². The summed E-state index contributed by atoms with van der Waals surface area (Å²) in [6.45, 7) is 3.73. The molecule has 1 fully saturated rings. The van der Waals surface area contributed by atoms with E-state index in [0.717, 1.165) is 12.8 Å². The van der Waals surface area contributed by atoms with Crippen molar-refractivity contribution in [2.45, 2.75) is 38.8 Å². The van der Waals surface area contributed by atoms with E-state index in [2.05, 4.69) is 15.5 Å².